The van der Waals surface area contributed by atoms with Crippen LogP contribution in [0.25, 0.3) is 22.8 Å². The van der Waals surface area contributed by atoms with E-state index in [-0.39, 0.29) is 5.82 Å². The highest BCUT2D eigenvalue weighted by atomic mass is 19.2. The first-order valence-electron chi connectivity index (χ1n) is 5.20. The molecule has 0 bridgehead atoms. The summed E-state index contributed by atoms with van der Waals surface area (Å²) in [5.74, 6) is -1.61. The van der Waals surface area contributed by atoms with E-state index < -0.39 is 11.6 Å². The van der Waals surface area contributed by atoms with Crippen molar-refractivity contribution in [1.82, 2.24) is 30.6 Å². The van der Waals surface area contributed by atoms with Crippen molar-refractivity contribution in [3.05, 3.63) is 42.2 Å². The molecule has 0 fully saturated rings. The second-order valence-corrected chi connectivity index (χ2v) is 3.62. The molecule has 0 atom stereocenters. The van der Waals surface area contributed by atoms with Gasteiger partial charge in [-0.25, -0.2) is 18.7 Å². The second-order valence-electron chi connectivity index (χ2n) is 3.62. The lowest BCUT2D eigenvalue weighted by molar-refractivity contribution is 0.509. The first-order valence-corrected chi connectivity index (χ1v) is 5.20. The molecule has 0 radical (unpaired) electrons. The lowest BCUT2D eigenvalue weighted by Gasteiger charge is -2.04. The van der Waals surface area contributed by atoms with Gasteiger partial charge in [-0.05, 0) is 24.3 Å². The van der Waals surface area contributed by atoms with Crippen LogP contribution in [0.1, 0.15) is 0 Å². The number of rotatable bonds is 2. The van der Waals surface area contributed by atoms with Crippen molar-refractivity contribution in [2.24, 2.45) is 0 Å². The summed E-state index contributed by atoms with van der Waals surface area (Å²) in [5.41, 5.74) is 1.25. The van der Waals surface area contributed by atoms with Crippen LogP contribution in [0.15, 0.2) is 30.6 Å². The zero-order valence-corrected chi connectivity index (χ0v) is 9.33. The fourth-order valence-electron chi connectivity index (χ4n) is 1.54. The summed E-state index contributed by atoms with van der Waals surface area (Å²) >= 11 is 0. The number of hydrogen-bond acceptors (Lipinski definition) is 5. The Hall–Kier alpha value is -2.77. The van der Waals surface area contributed by atoms with Crippen molar-refractivity contribution in [3.63, 3.8) is 0 Å². The molecule has 2 heterocycles. The predicted molar refractivity (Wildman–Crippen MR) is 59.5 cm³/mol. The maximum atomic E-state index is 13.2. The Bertz CT molecular complexity index is 713. The molecular weight excluding hydrogens is 254 g/mol. The van der Waals surface area contributed by atoms with E-state index in [1.807, 2.05) is 0 Å². The number of aromatic nitrogens is 6. The van der Waals surface area contributed by atoms with Gasteiger partial charge in [-0.3, -0.25) is 10.3 Å². The lowest BCUT2D eigenvalue weighted by atomic mass is 10.1. The lowest BCUT2D eigenvalue weighted by Crippen LogP contribution is -1.93. The first kappa shape index (κ1) is 11.3. The molecule has 2 aromatic heterocycles. The Balaban J connectivity index is 2.06. The minimum absolute atomic E-state index is 0.242. The highest BCUT2D eigenvalue weighted by Gasteiger charge is 2.07. The molecule has 6 nitrogen and oxygen atoms in total. The number of hydrogen-bond donors (Lipinski definition) is 0. The maximum absolute atomic E-state index is 13.2. The van der Waals surface area contributed by atoms with E-state index in [2.05, 4.69) is 30.6 Å². The SMILES string of the molecule is Fc1ccc(-c2cc(-c3nnn[n-]3)ncn2)cc1F. The summed E-state index contributed by atoms with van der Waals surface area (Å²) in [6.45, 7) is 0. The Labute approximate surface area is 105 Å². The predicted octanol–water partition coefficient (Wildman–Crippen LogP) is 1.23. The van der Waals surface area contributed by atoms with Crippen LogP contribution in [0.2, 0.25) is 0 Å². The highest BCUT2D eigenvalue weighted by molar-refractivity contribution is 5.63. The molecule has 0 amide bonds. The third-order valence-corrected chi connectivity index (χ3v) is 2.43. The normalized spacial score (nSPS) is 10.6. The zero-order chi connectivity index (χ0) is 13.2. The summed E-state index contributed by atoms with van der Waals surface area (Å²) in [6.07, 6.45) is 1.28. The molecule has 0 aliphatic heterocycles. The molecule has 0 N–H and O–H groups in total. The highest BCUT2D eigenvalue weighted by Crippen LogP contribution is 2.21. The summed E-state index contributed by atoms with van der Waals surface area (Å²) in [6, 6.07) is 5.07. The minimum atomic E-state index is -0.939. The standard InChI is InChI=1S/C11H5F2N6/c12-7-2-1-6(3-8(7)13)9-4-10(15-5-14-9)11-16-18-19-17-11/h1-5H/q-1. The molecule has 3 aromatic rings. The fourth-order valence-corrected chi connectivity index (χ4v) is 1.54. The minimum Gasteiger partial charge on any atom is -0.329 e. The topological polar surface area (TPSA) is 78.5 Å². The van der Waals surface area contributed by atoms with E-state index in [0.717, 1.165) is 12.1 Å². The number of tetrazole rings is 1. The van der Waals surface area contributed by atoms with Gasteiger partial charge in [0.05, 0.1) is 17.2 Å². The number of nitrogens with zero attached hydrogens (tertiary/aromatic N) is 6. The Morgan fingerprint density at radius 1 is 0.947 bits per heavy atom. The monoisotopic (exact) mass is 259 g/mol. The van der Waals surface area contributed by atoms with Crippen molar-refractivity contribution in [2.75, 3.05) is 0 Å². The summed E-state index contributed by atoms with van der Waals surface area (Å²) in [4.78, 5) is 7.96. The van der Waals surface area contributed by atoms with E-state index >= 15 is 0 Å². The van der Waals surface area contributed by atoms with Gasteiger partial charge < -0.3 is 5.10 Å². The molecular formula is C11H5F2N6-. The summed E-state index contributed by atoms with van der Waals surface area (Å²) in [7, 11) is 0. The van der Waals surface area contributed by atoms with Crippen LogP contribution in [0.4, 0.5) is 8.78 Å². The molecule has 0 aliphatic carbocycles. The largest absolute Gasteiger partial charge is 0.329 e. The van der Waals surface area contributed by atoms with Crippen LogP contribution in [-0.2, 0) is 0 Å². The van der Waals surface area contributed by atoms with Crippen molar-refractivity contribution >= 4 is 0 Å². The fraction of sp³-hybridized carbons (Fsp3) is 0. The van der Waals surface area contributed by atoms with E-state index in [9.17, 15) is 8.78 Å². The molecule has 1 aromatic carbocycles. The first-order chi connectivity index (χ1) is 9.24. The smallest absolute Gasteiger partial charge is 0.159 e. The molecule has 0 unspecified atom stereocenters. The van der Waals surface area contributed by atoms with E-state index in [4.69, 9.17) is 0 Å². The van der Waals surface area contributed by atoms with Gasteiger partial charge in [0.1, 0.15) is 6.33 Å². The average Bonchev–Trinajstić information content (AvgIpc) is 2.96. The van der Waals surface area contributed by atoms with Crippen molar-refractivity contribution in [1.29, 1.82) is 0 Å². The van der Waals surface area contributed by atoms with Crippen molar-refractivity contribution in [3.8, 4) is 22.8 Å². The maximum Gasteiger partial charge on any atom is 0.159 e. The second kappa shape index (κ2) is 4.48. The molecule has 0 saturated heterocycles. The van der Waals surface area contributed by atoms with Gasteiger partial charge >= 0.3 is 0 Å². The van der Waals surface area contributed by atoms with Gasteiger partial charge in [0.2, 0.25) is 0 Å². The molecule has 19 heavy (non-hydrogen) atoms. The third-order valence-electron chi connectivity index (χ3n) is 2.43. The molecule has 0 spiro atoms. The average molecular weight is 259 g/mol. The molecule has 94 valence electrons. The van der Waals surface area contributed by atoms with Gasteiger partial charge in [-0.2, -0.15) is 5.21 Å². The molecule has 0 aliphatic rings. The van der Waals surface area contributed by atoms with Crippen LogP contribution in [-0.4, -0.2) is 25.5 Å². The quantitative estimate of drug-likeness (QED) is 0.688. The van der Waals surface area contributed by atoms with Crippen LogP contribution < -0.4 is 5.10 Å². The van der Waals surface area contributed by atoms with Gasteiger partial charge in [-0.15, -0.1) is 0 Å². The van der Waals surface area contributed by atoms with Gasteiger partial charge in [0.15, 0.2) is 11.6 Å². The molecule has 8 heteroatoms. The van der Waals surface area contributed by atoms with Crippen LogP contribution in [0.3, 0.4) is 0 Å². The van der Waals surface area contributed by atoms with Gasteiger partial charge in [0.25, 0.3) is 0 Å². The van der Waals surface area contributed by atoms with Crippen LogP contribution in [0.5, 0.6) is 0 Å². The number of benzene rings is 1. The van der Waals surface area contributed by atoms with Crippen LogP contribution in [0, 0.1) is 11.6 Å². The zero-order valence-electron chi connectivity index (χ0n) is 9.33. The van der Waals surface area contributed by atoms with Crippen molar-refractivity contribution < 1.29 is 8.78 Å². The molecule has 0 saturated carbocycles. The molecule has 3 rings (SSSR count). The Kier molecular flexibility index (Phi) is 2.67. The van der Waals surface area contributed by atoms with E-state index in [1.165, 1.54) is 12.4 Å². The van der Waals surface area contributed by atoms with Gasteiger partial charge in [0, 0.05) is 5.56 Å². The van der Waals surface area contributed by atoms with E-state index in [0.29, 0.717) is 17.0 Å². The van der Waals surface area contributed by atoms with Crippen LogP contribution >= 0.6 is 0 Å². The number of halogens is 2. The van der Waals surface area contributed by atoms with E-state index in [1.54, 1.807) is 6.07 Å². The third kappa shape index (κ3) is 2.15. The Morgan fingerprint density at radius 3 is 2.53 bits per heavy atom. The van der Waals surface area contributed by atoms with Crippen molar-refractivity contribution in [2.45, 2.75) is 0 Å². The summed E-state index contributed by atoms with van der Waals surface area (Å²) < 4.78 is 26.0. The summed E-state index contributed by atoms with van der Waals surface area (Å²) in [5, 5.41) is 14.0. The van der Waals surface area contributed by atoms with Gasteiger partial charge in [-0.1, -0.05) is 0 Å². The Morgan fingerprint density at radius 2 is 1.79 bits per heavy atom.